The summed E-state index contributed by atoms with van der Waals surface area (Å²) in [6.45, 7) is 2.35. The Kier molecular flexibility index (Phi) is 5.75. The molecule has 0 saturated carbocycles. The van der Waals surface area contributed by atoms with Gasteiger partial charge in [0.2, 0.25) is 5.91 Å². The lowest BCUT2D eigenvalue weighted by atomic mass is 10.1. The predicted molar refractivity (Wildman–Crippen MR) is 122 cm³/mol. The molecule has 0 radical (unpaired) electrons. The highest BCUT2D eigenvalue weighted by Gasteiger charge is 2.24. The van der Waals surface area contributed by atoms with Crippen molar-refractivity contribution in [3.8, 4) is 0 Å². The fourth-order valence-electron chi connectivity index (χ4n) is 3.82. The third-order valence-corrected chi connectivity index (χ3v) is 6.80. The lowest BCUT2D eigenvalue weighted by molar-refractivity contribution is -0.130. The first kappa shape index (κ1) is 20.8. The minimum absolute atomic E-state index is 0.0392. The van der Waals surface area contributed by atoms with Crippen LogP contribution in [0, 0.1) is 5.82 Å². The second-order valence-corrected chi connectivity index (χ2v) is 9.02. The average Bonchev–Trinajstić information content (AvgIpc) is 3.46. The third-order valence-electron chi connectivity index (χ3n) is 5.57. The van der Waals surface area contributed by atoms with E-state index in [0.29, 0.717) is 38.2 Å². The van der Waals surface area contributed by atoms with Gasteiger partial charge in [-0.3, -0.25) is 4.79 Å². The molecule has 4 aromatic rings. The maximum absolute atomic E-state index is 14.0. The van der Waals surface area contributed by atoms with E-state index >= 15 is 0 Å². The van der Waals surface area contributed by atoms with Gasteiger partial charge in [-0.05, 0) is 35.7 Å². The molecule has 7 nitrogen and oxygen atoms in total. The van der Waals surface area contributed by atoms with Crippen molar-refractivity contribution in [1.82, 2.24) is 24.7 Å². The number of piperazine rings is 1. The number of rotatable bonds is 5. The fourth-order valence-corrected chi connectivity index (χ4v) is 4.75. The molecule has 0 spiro atoms. The summed E-state index contributed by atoms with van der Waals surface area (Å²) in [6, 6.07) is 12.4. The topological polar surface area (TPSA) is 66.6 Å². The minimum atomic E-state index is -0.450. The van der Waals surface area contributed by atoms with E-state index in [0.717, 1.165) is 11.6 Å². The Morgan fingerprint density at radius 1 is 1.06 bits per heavy atom. The van der Waals surface area contributed by atoms with Gasteiger partial charge in [0.25, 0.3) is 0 Å². The molecule has 1 amide bonds. The van der Waals surface area contributed by atoms with Gasteiger partial charge in [-0.1, -0.05) is 23.7 Å². The summed E-state index contributed by atoms with van der Waals surface area (Å²) in [6.07, 6.45) is 0.638. The number of nitrogens with zero attached hydrogens (tertiary/aromatic N) is 6. The quantitative estimate of drug-likeness (QED) is 0.447. The number of carbonyl (C=O) groups is 1. The Balaban J connectivity index is 1.26. The van der Waals surface area contributed by atoms with Crippen LogP contribution in [0.1, 0.15) is 16.3 Å². The second-order valence-electron chi connectivity index (χ2n) is 7.58. The number of halogens is 2. The van der Waals surface area contributed by atoms with Gasteiger partial charge < -0.3 is 9.80 Å². The van der Waals surface area contributed by atoms with Crippen molar-refractivity contribution < 1.29 is 9.18 Å². The summed E-state index contributed by atoms with van der Waals surface area (Å²) in [5.41, 5.74) is 0.954. The lowest BCUT2D eigenvalue weighted by Gasteiger charge is -2.35. The summed E-state index contributed by atoms with van der Waals surface area (Å²) in [5.74, 6) is 1.03. The molecule has 0 N–H and O–H groups in total. The molecular formula is C22H20ClFN6OS. The molecule has 0 unspecified atom stereocenters. The molecule has 1 aliphatic heterocycles. The van der Waals surface area contributed by atoms with E-state index in [2.05, 4.69) is 21.2 Å². The van der Waals surface area contributed by atoms with Crippen molar-refractivity contribution >= 4 is 40.3 Å². The summed E-state index contributed by atoms with van der Waals surface area (Å²) in [7, 11) is 0. The SMILES string of the molecule is O=C(Cc1c(F)cccc1Cl)N1CCN(c2ccc3nnc(Cc4cccs4)n3n2)CC1. The van der Waals surface area contributed by atoms with Crippen LogP contribution in [0.25, 0.3) is 5.65 Å². The monoisotopic (exact) mass is 470 g/mol. The van der Waals surface area contributed by atoms with Crippen molar-refractivity contribution in [2.45, 2.75) is 12.8 Å². The predicted octanol–water partition coefficient (Wildman–Crippen LogP) is 3.46. The van der Waals surface area contributed by atoms with Crippen LogP contribution in [-0.4, -0.2) is 56.8 Å². The number of aromatic nitrogens is 4. The first-order chi connectivity index (χ1) is 15.6. The fraction of sp³-hybridized carbons (Fsp3) is 0.273. The van der Waals surface area contributed by atoms with Crippen LogP contribution in [-0.2, 0) is 17.6 Å². The normalized spacial score (nSPS) is 14.3. The maximum Gasteiger partial charge on any atom is 0.227 e. The molecule has 1 saturated heterocycles. The standard InChI is InChI=1S/C22H20ClFN6OS/c23-17-4-1-5-18(24)16(17)14-22(31)29-10-8-28(9-11-29)20-7-6-19-25-26-21(30(19)27-20)13-15-3-2-12-32-15/h1-7,12H,8-11,13-14H2. The van der Waals surface area contributed by atoms with Gasteiger partial charge in [-0.2, -0.15) is 4.52 Å². The number of amides is 1. The van der Waals surface area contributed by atoms with Crippen molar-refractivity contribution in [3.63, 3.8) is 0 Å². The molecule has 0 atom stereocenters. The Hall–Kier alpha value is -3.04. The summed E-state index contributed by atoms with van der Waals surface area (Å²) >= 11 is 7.75. The van der Waals surface area contributed by atoms with Crippen LogP contribution in [0.5, 0.6) is 0 Å². The molecular weight excluding hydrogens is 451 g/mol. The van der Waals surface area contributed by atoms with E-state index in [-0.39, 0.29) is 22.9 Å². The molecule has 10 heteroatoms. The Morgan fingerprint density at radius 3 is 2.66 bits per heavy atom. The van der Waals surface area contributed by atoms with Crippen LogP contribution in [0.15, 0.2) is 47.8 Å². The van der Waals surface area contributed by atoms with Crippen LogP contribution in [0.2, 0.25) is 5.02 Å². The van der Waals surface area contributed by atoms with Gasteiger partial charge in [0.05, 0.1) is 6.42 Å². The number of carbonyl (C=O) groups excluding carboxylic acids is 1. The number of anilines is 1. The van der Waals surface area contributed by atoms with Crippen LogP contribution in [0.4, 0.5) is 10.2 Å². The zero-order chi connectivity index (χ0) is 22.1. The molecule has 164 valence electrons. The largest absolute Gasteiger partial charge is 0.352 e. The van der Waals surface area contributed by atoms with E-state index in [9.17, 15) is 9.18 Å². The zero-order valence-corrected chi connectivity index (χ0v) is 18.7. The molecule has 4 heterocycles. The third kappa shape index (κ3) is 4.18. The Morgan fingerprint density at radius 2 is 1.91 bits per heavy atom. The number of hydrogen-bond acceptors (Lipinski definition) is 6. The molecule has 1 aliphatic rings. The lowest BCUT2D eigenvalue weighted by Crippen LogP contribution is -2.49. The van der Waals surface area contributed by atoms with Crippen LogP contribution < -0.4 is 4.90 Å². The zero-order valence-electron chi connectivity index (χ0n) is 17.1. The maximum atomic E-state index is 14.0. The van der Waals surface area contributed by atoms with Crippen LogP contribution >= 0.6 is 22.9 Å². The van der Waals surface area contributed by atoms with E-state index in [1.807, 2.05) is 23.6 Å². The van der Waals surface area contributed by atoms with E-state index in [1.165, 1.54) is 17.0 Å². The first-order valence-corrected chi connectivity index (χ1v) is 11.5. The number of fused-ring (bicyclic) bond motifs is 1. The highest BCUT2D eigenvalue weighted by Crippen LogP contribution is 2.21. The Labute approximate surface area is 193 Å². The van der Waals surface area contributed by atoms with E-state index in [4.69, 9.17) is 16.7 Å². The molecule has 0 aliphatic carbocycles. The highest BCUT2D eigenvalue weighted by molar-refractivity contribution is 7.09. The van der Waals surface area contributed by atoms with Crippen molar-refractivity contribution in [2.24, 2.45) is 0 Å². The number of benzene rings is 1. The van der Waals surface area contributed by atoms with Gasteiger partial charge in [-0.15, -0.1) is 26.6 Å². The van der Waals surface area contributed by atoms with Crippen molar-refractivity contribution in [2.75, 3.05) is 31.1 Å². The average molecular weight is 471 g/mol. The molecule has 1 aromatic carbocycles. The summed E-state index contributed by atoms with van der Waals surface area (Å²) in [5, 5.41) is 15.6. The molecule has 5 rings (SSSR count). The second kappa shape index (κ2) is 8.84. The van der Waals surface area contributed by atoms with Gasteiger partial charge in [0, 0.05) is 48.1 Å². The highest BCUT2D eigenvalue weighted by atomic mass is 35.5. The summed E-state index contributed by atoms with van der Waals surface area (Å²) in [4.78, 5) is 17.8. The van der Waals surface area contributed by atoms with Crippen LogP contribution in [0.3, 0.4) is 0 Å². The molecule has 32 heavy (non-hydrogen) atoms. The van der Waals surface area contributed by atoms with E-state index < -0.39 is 5.82 Å². The smallest absolute Gasteiger partial charge is 0.227 e. The van der Waals surface area contributed by atoms with Gasteiger partial charge in [-0.25, -0.2) is 4.39 Å². The number of hydrogen-bond donors (Lipinski definition) is 0. The minimum Gasteiger partial charge on any atom is -0.352 e. The molecule has 0 bridgehead atoms. The van der Waals surface area contributed by atoms with E-state index in [1.54, 1.807) is 26.8 Å². The number of thiophene rings is 1. The molecule has 3 aromatic heterocycles. The molecule has 1 fully saturated rings. The van der Waals surface area contributed by atoms with Gasteiger partial charge in [0.15, 0.2) is 11.5 Å². The van der Waals surface area contributed by atoms with Crippen molar-refractivity contribution in [3.05, 3.63) is 74.9 Å². The summed E-state index contributed by atoms with van der Waals surface area (Å²) < 4.78 is 15.8. The van der Waals surface area contributed by atoms with Gasteiger partial charge >= 0.3 is 0 Å². The van der Waals surface area contributed by atoms with Crippen molar-refractivity contribution in [1.29, 1.82) is 0 Å². The van der Waals surface area contributed by atoms with Gasteiger partial charge in [0.1, 0.15) is 11.6 Å². The Bertz CT molecular complexity index is 1230. The first-order valence-electron chi connectivity index (χ1n) is 10.3.